The van der Waals surface area contributed by atoms with E-state index in [9.17, 15) is 10.1 Å². The van der Waals surface area contributed by atoms with Gasteiger partial charge in [0.1, 0.15) is 5.82 Å². The highest BCUT2D eigenvalue weighted by Crippen LogP contribution is 2.20. The van der Waals surface area contributed by atoms with E-state index >= 15 is 0 Å². The van der Waals surface area contributed by atoms with Gasteiger partial charge >= 0.3 is 0 Å². The minimum absolute atomic E-state index is 0.0690. The molecule has 6 nitrogen and oxygen atoms in total. The van der Waals surface area contributed by atoms with Crippen LogP contribution in [0.5, 0.6) is 5.88 Å². The van der Waals surface area contributed by atoms with E-state index in [0.717, 1.165) is 5.57 Å². The Morgan fingerprint density at radius 2 is 2.38 bits per heavy atom. The first-order valence-electron chi connectivity index (χ1n) is 4.68. The Morgan fingerprint density at radius 3 is 2.94 bits per heavy atom. The molecule has 0 bridgehead atoms. The molecule has 0 aliphatic carbocycles. The highest BCUT2D eigenvalue weighted by atomic mass is 16.6. The van der Waals surface area contributed by atoms with Gasteiger partial charge in [-0.25, -0.2) is 0 Å². The molecule has 1 aromatic heterocycles. The molecule has 0 fully saturated rings. The average molecular weight is 223 g/mol. The number of ether oxygens (including phenoxy) is 1. The molecule has 0 aliphatic heterocycles. The second-order valence-electron chi connectivity index (χ2n) is 3.40. The zero-order valence-electron chi connectivity index (χ0n) is 8.97. The number of rotatable bonds is 5. The normalized spacial score (nSPS) is 9.81. The number of nitrogens with two attached hydrogens (primary N) is 1. The third-order valence-electron chi connectivity index (χ3n) is 1.80. The number of aromatic nitrogens is 1. The van der Waals surface area contributed by atoms with Crippen molar-refractivity contribution in [3.63, 3.8) is 0 Å². The van der Waals surface area contributed by atoms with Crippen LogP contribution in [0.15, 0.2) is 24.3 Å². The van der Waals surface area contributed by atoms with Crippen LogP contribution in [0.2, 0.25) is 0 Å². The fourth-order valence-electron chi connectivity index (χ4n) is 1.02. The summed E-state index contributed by atoms with van der Waals surface area (Å²) in [5, 5.41) is 10.5. The Balaban J connectivity index is 2.72. The van der Waals surface area contributed by atoms with Crippen LogP contribution in [-0.4, -0.2) is 16.5 Å². The van der Waals surface area contributed by atoms with Crippen molar-refractivity contribution in [3.8, 4) is 5.88 Å². The quantitative estimate of drug-likeness (QED) is 0.467. The second-order valence-corrected chi connectivity index (χ2v) is 3.40. The lowest BCUT2D eigenvalue weighted by Crippen LogP contribution is -2.02. The molecule has 1 heterocycles. The first kappa shape index (κ1) is 12.0. The summed E-state index contributed by atoms with van der Waals surface area (Å²) in [6.45, 7) is 5.97. The molecule has 1 aromatic rings. The molecule has 0 aromatic carbocycles. The van der Waals surface area contributed by atoms with Gasteiger partial charge in [-0.3, -0.25) is 10.1 Å². The summed E-state index contributed by atoms with van der Waals surface area (Å²) >= 11 is 0. The van der Waals surface area contributed by atoms with Crippen molar-refractivity contribution in [2.24, 2.45) is 0 Å². The van der Waals surface area contributed by atoms with E-state index in [1.807, 2.05) is 6.92 Å². The minimum atomic E-state index is -0.538. The molecule has 2 N–H and O–H groups in total. The number of nitrogen functional groups attached to an aromatic ring is 1. The van der Waals surface area contributed by atoms with Crippen molar-refractivity contribution in [1.82, 2.24) is 4.98 Å². The Kier molecular flexibility index (Phi) is 3.82. The van der Waals surface area contributed by atoms with E-state index < -0.39 is 4.92 Å². The van der Waals surface area contributed by atoms with Crippen LogP contribution in [0, 0.1) is 10.1 Å². The highest BCUT2D eigenvalue weighted by Gasteiger charge is 2.10. The summed E-state index contributed by atoms with van der Waals surface area (Å²) < 4.78 is 5.23. The second kappa shape index (κ2) is 5.11. The number of hydrogen-bond donors (Lipinski definition) is 1. The zero-order chi connectivity index (χ0) is 12.1. The molecule has 0 spiro atoms. The van der Waals surface area contributed by atoms with Gasteiger partial charge in [0.15, 0.2) is 0 Å². The molecule has 0 radical (unpaired) electrons. The molecule has 6 heteroatoms. The maximum Gasteiger partial charge on any atom is 0.278 e. The van der Waals surface area contributed by atoms with Gasteiger partial charge < -0.3 is 10.5 Å². The number of nitro groups is 1. The lowest BCUT2D eigenvalue weighted by Gasteiger charge is -2.05. The highest BCUT2D eigenvalue weighted by molar-refractivity contribution is 5.45. The van der Waals surface area contributed by atoms with Crippen LogP contribution < -0.4 is 10.5 Å². The topological polar surface area (TPSA) is 91.3 Å². The Hall–Kier alpha value is -2.11. The largest absolute Gasteiger partial charge is 0.477 e. The SMILES string of the molecule is C=C(C)CCOc1cc([N+](=O)[O-])cc(N)n1. The predicted molar refractivity (Wildman–Crippen MR) is 60.2 cm³/mol. The molecular formula is C10H13N3O3. The zero-order valence-corrected chi connectivity index (χ0v) is 8.97. The maximum atomic E-state index is 10.5. The Morgan fingerprint density at radius 1 is 1.69 bits per heavy atom. The number of anilines is 1. The molecule has 0 unspecified atom stereocenters. The van der Waals surface area contributed by atoms with Gasteiger partial charge in [-0.15, -0.1) is 6.58 Å². The van der Waals surface area contributed by atoms with Crippen LogP contribution in [0.25, 0.3) is 0 Å². The molecule has 0 aliphatic rings. The van der Waals surface area contributed by atoms with Gasteiger partial charge in [0.05, 0.1) is 23.7 Å². The van der Waals surface area contributed by atoms with Crippen molar-refractivity contribution >= 4 is 11.5 Å². The number of pyridine rings is 1. The molecule has 16 heavy (non-hydrogen) atoms. The molecule has 1 rings (SSSR count). The lowest BCUT2D eigenvalue weighted by atomic mass is 10.3. The fourth-order valence-corrected chi connectivity index (χ4v) is 1.02. The van der Waals surface area contributed by atoms with Gasteiger partial charge in [-0.2, -0.15) is 4.98 Å². The molecule has 0 amide bonds. The minimum Gasteiger partial charge on any atom is -0.477 e. The van der Waals surface area contributed by atoms with Crippen LogP contribution in [0.1, 0.15) is 13.3 Å². The Bertz CT molecular complexity index is 418. The predicted octanol–water partition coefficient (Wildman–Crippen LogP) is 1.92. The van der Waals surface area contributed by atoms with E-state index in [2.05, 4.69) is 11.6 Å². The summed E-state index contributed by atoms with van der Waals surface area (Å²) in [4.78, 5) is 13.8. The summed E-state index contributed by atoms with van der Waals surface area (Å²) in [7, 11) is 0. The van der Waals surface area contributed by atoms with Crippen LogP contribution >= 0.6 is 0 Å². The van der Waals surface area contributed by atoms with Crippen molar-refractivity contribution < 1.29 is 9.66 Å². The van der Waals surface area contributed by atoms with Gasteiger partial charge in [0.25, 0.3) is 5.69 Å². The molecule has 0 saturated heterocycles. The molecule has 0 atom stereocenters. The summed E-state index contributed by atoms with van der Waals surface area (Å²) in [5.41, 5.74) is 6.26. The van der Waals surface area contributed by atoms with Crippen molar-refractivity contribution in [2.45, 2.75) is 13.3 Å². The summed E-state index contributed by atoms with van der Waals surface area (Å²) in [6, 6.07) is 2.43. The monoisotopic (exact) mass is 223 g/mol. The third-order valence-corrected chi connectivity index (χ3v) is 1.80. The molecular weight excluding hydrogens is 210 g/mol. The molecule has 0 saturated carbocycles. The van der Waals surface area contributed by atoms with E-state index in [1.165, 1.54) is 12.1 Å². The number of hydrogen-bond acceptors (Lipinski definition) is 5. The van der Waals surface area contributed by atoms with Crippen molar-refractivity contribution in [1.29, 1.82) is 0 Å². The van der Waals surface area contributed by atoms with E-state index in [0.29, 0.717) is 13.0 Å². The fraction of sp³-hybridized carbons (Fsp3) is 0.300. The van der Waals surface area contributed by atoms with Crippen molar-refractivity contribution in [3.05, 3.63) is 34.4 Å². The first-order valence-corrected chi connectivity index (χ1v) is 4.68. The first-order chi connectivity index (χ1) is 7.49. The van der Waals surface area contributed by atoms with E-state index in [4.69, 9.17) is 10.5 Å². The third kappa shape index (κ3) is 3.56. The van der Waals surface area contributed by atoms with E-state index in [-0.39, 0.29) is 17.4 Å². The van der Waals surface area contributed by atoms with Gasteiger partial charge in [0, 0.05) is 6.42 Å². The van der Waals surface area contributed by atoms with E-state index in [1.54, 1.807) is 0 Å². The lowest BCUT2D eigenvalue weighted by molar-refractivity contribution is -0.384. The molecule has 86 valence electrons. The standard InChI is InChI=1S/C10H13N3O3/c1-7(2)3-4-16-10-6-8(13(14)15)5-9(11)12-10/h5-6H,1,3-4H2,2H3,(H2,11,12). The smallest absolute Gasteiger partial charge is 0.278 e. The van der Waals surface area contributed by atoms with Gasteiger partial charge in [0.2, 0.25) is 5.88 Å². The van der Waals surface area contributed by atoms with Gasteiger partial charge in [-0.1, -0.05) is 5.57 Å². The van der Waals surface area contributed by atoms with Crippen molar-refractivity contribution in [2.75, 3.05) is 12.3 Å². The van der Waals surface area contributed by atoms with Crippen LogP contribution in [-0.2, 0) is 0 Å². The summed E-state index contributed by atoms with van der Waals surface area (Å²) in [5.74, 6) is 0.229. The average Bonchev–Trinajstić information content (AvgIpc) is 2.16. The maximum absolute atomic E-state index is 10.5. The Labute approximate surface area is 92.9 Å². The summed E-state index contributed by atoms with van der Waals surface area (Å²) in [6.07, 6.45) is 0.671. The van der Waals surface area contributed by atoms with Crippen LogP contribution in [0.3, 0.4) is 0 Å². The van der Waals surface area contributed by atoms with Gasteiger partial charge in [-0.05, 0) is 6.92 Å². The van der Waals surface area contributed by atoms with Crippen LogP contribution in [0.4, 0.5) is 11.5 Å². The number of nitrogens with zero attached hydrogens (tertiary/aromatic N) is 2.